The Hall–Kier alpha value is -1.10. The molecule has 5 nitrogen and oxygen atoms in total. The van der Waals surface area contributed by atoms with Crippen molar-refractivity contribution in [2.75, 3.05) is 19.8 Å². The second kappa shape index (κ2) is 15.2. The third kappa shape index (κ3) is 12.9. The number of hydrogen-bond donors (Lipinski definition) is 0. The summed E-state index contributed by atoms with van der Waals surface area (Å²) in [4.78, 5) is 23.2. The quantitative estimate of drug-likeness (QED) is 0.318. The molecule has 5 heteroatoms. The van der Waals surface area contributed by atoms with Gasteiger partial charge in [-0.15, -0.1) is 0 Å². The van der Waals surface area contributed by atoms with Gasteiger partial charge in [0.05, 0.1) is 12.7 Å². The van der Waals surface area contributed by atoms with Crippen molar-refractivity contribution in [3.8, 4) is 0 Å². The van der Waals surface area contributed by atoms with Crippen molar-refractivity contribution in [3.63, 3.8) is 0 Å². The van der Waals surface area contributed by atoms with E-state index in [4.69, 9.17) is 14.2 Å². The van der Waals surface area contributed by atoms with Gasteiger partial charge >= 0.3 is 11.9 Å². The van der Waals surface area contributed by atoms with Gasteiger partial charge in [-0.3, -0.25) is 9.59 Å². The Morgan fingerprint density at radius 1 is 0.880 bits per heavy atom. The van der Waals surface area contributed by atoms with Crippen LogP contribution in [0.2, 0.25) is 0 Å². The largest absolute Gasteiger partial charge is 0.466 e. The van der Waals surface area contributed by atoms with Crippen LogP contribution in [0.25, 0.3) is 0 Å². The molecule has 1 saturated heterocycles. The van der Waals surface area contributed by atoms with Crippen LogP contribution >= 0.6 is 0 Å². The third-order valence-electron chi connectivity index (χ3n) is 4.48. The zero-order chi connectivity index (χ0) is 18.2. The van der Waals surface area contributed by atoms with Crippen LogP contribution < -0.4 is 0 Å². The van der Waals surface area contributed by atoms with Gasteiger partial charge in [0, 0.05) is 19.4 Å². The molecule has 1 aliphatic heterocycles. The standard InChI is InChI=1S/C20H36O5/c1-2-3-4-5-6-7-8-9-15-24-19(21)13-10-14-20(22)25-17-18-12-11-16-23-18/h18H,2-17H2,1H3. The van der Waals surface area contributed by atoms with Crippen molar-refractivity contribution < 1.29 is 23.8 Å². The summed E-state index contributed by atoms with van der Waals surface area (Å²) in [5.74, 6) is -0.471. The lowest BCUT2D eigenvalue weighted by molar-refractivity contribution is -0.147. The fraction of sp³-hybridized carbons (Fsp3) is 0.900. The molecule has 0 radical (unpaired) electrons. The number of hydrogen-bond acceptors (Lipinski definition) is 5. The zero-order valence-corrected chi connectivity index (χ0v) is 15.9. The normalized spacial score (nSPS) is 16.8. The molecule has 0 saturated carbocycles. The second-order valence-corrected chi connectivity index (χ2v) is 6.87. The SMILES string of the molecule is CCCCCCCCCCOC(=O)CCCC(=O)OCC1CCCO1. The summed E-state index contributed by atoms with van der Waals surface area (Å²) in [6.07, 6.45) is 12.9. The summed E-state index contributed by atoms with van der Waals surface area (Å²) in [6.45, 7) is 3.81. The Labute approximate surface area is 152 Å². The fourth-order valence-corrected chi connectivity index (χ4v) is 2.91. The Morgan fingerprint density at radius 3 is 2.16 bits per heavy atom. The molecule has 0 aromatic carbocycles. The molecule has 0 aromatic rings. The zero-order valence-electron chi connectivity index (χ0n) is 15.9. The Bertz CT molecular complexity index is 350. The number of carbonyl (C=O) groups is 2. The van der Waals surface area contributed by atoms with E-state index in [1.807, 2.05) is 0 Å². The van der Waals surface area contributed by atoms with E-state index in [2.05, 4.69) is 6.92 Å². The van der Waals surface area contributed by atoms with Crippen LogP contribution in [-0.4, -0.2) is 37.9 Å². The van der Waals surface area contributed by atoms with Crippen molar-refractivity contribution in [1.82, 2.24) is 0 Å². The molecule has 0 aromatic heterocycles. The van der Waals surface area contributed by atoms with Gasteiger partial charge in [0.25, 0.3) is 0 Å². The van der Waals surface area contributed by atoms with E-state index in [9.17, 15) is 9.59 Å². The lowest BCUT2D eigenvalue weighted by Gasteiger charge is -2.10. The molecule has 25 heavy (non-hydrogen) atoms. The molecule has 0 bridgehead atoms. The summed E-state index contributed by atoms with van der Waals surface area (Å²) >= 11 is 0. The first-order valence-corrected chi connectivity index (χ1v) is 10.1. The minimum atomic E-state index is -0.258. The first-order chi connectivity index (χ1) is 12.2. The van der Waals surface area contributed by atoms with E-state index in [-0.39, 0.29) is 30.9 Å². The first kappa shape index (κ1) is 21.9. The van der Waals surface area contributed by atoms with E-state index in [0.717, 1.165) is 32.3 Å². The number of ether oxygens (including phenoxy) is 3. The van der Waals surface area contributed by atoms with Gasteiger partial charge in [-0.2, -0.15) is 0 Å². The van der Waals surface area contributed by atoms with Gasteiger partial charge in [0.2, 0.25) is 0 Å². The van der Waals surface area contributed by atoms with Gasteiger partial charge in [-0.1, -0.05) is 51.9 Å². The number of unbranched alkanes of at least 4 members (excludes halogenated alkanes) is 7. The summed E-state index contributed by atoms with van der Waals surface area (Å²) in [6, 6.07) is 0. The molecule has 0 N–H and O–H groups in total. The maximum absolute atomic E-state index is 11.6. The lowest BCUT2D eigenvalue weighted by Crippen LogP contribution is -2.17. The minimum absolute atomic E-state index is 0.0561. The molecule has 1 fully saturated rings. The molecule has 0 aliphatic carbocycles. The maximum atomic E-state index is 11.6. The number of carbonyl (C=O) groups excluding carboxylic acids is 2. The second-order valence-electron chi connectivity index (χ2n) is 6.87. The molecule has 1 heterocycles. The van der Waals surface area contributed by atoms with Crippen molar-refractivity contribution in [1.29, 1.82) is 0 Å². The summed E-state index contributed by atoms with van der Waals surface area (Å²) in [5.41, 5.74) is 0. The Balaban J connectivity index is 1.84. The van der Waals surface area contributed by atoms with Crippen LogP contribution in [0.4, 0.5) is 0 Å². The van der Waals surface area contributed by atoms with Crippen molar-refractivity contribution >= 4 is 11.9 Å². The first-order valence-electron chi connectivity index (χ1n) is 10.1. The van der Waals surface area contributed by atoms with Crippen LogP contribution in [0.1, 0.15) is 90.4 Å². The van der Waals surface area contributed by atoms with E-state index < -0.39 is 0 Å². The predicted octanol–water partition coefficient (Wildman–Crippen LogP) is 4.56. The lowest BCUT2D eigenvalue weighted by atomic mass is 10.1. The molecular formula is C20H36O5. The molecule has 0 spiro atoms. The highest BCUT2D eigenvalue weighted by Gasteiger charge is 2.17. The summed E-state index contributed by atoms with van der Waals surface area (Å²) < 4.78 is 15.7. The van der Waals surface area contributed by atoms with E-state index in [1.165, 1.54) is 38.5 Å². The van der Waals surface area contributed by atoms with E-state index >= 15 is 0 Å². The maximum Gasteiger partial charge on any atom is 0.305 e. The Kier molecular flexibility index (Phi) is 13.3. The van der Waals surface area contributed by atoms with Crippen LogP contribution in [0.3, 0.4) is 0 Å². The molecule has 1 unspecified atom stereocenters. The highest BCUT2D eigenvalue weighted by atomic mass is 16.6. The molecule has 0 amide bonds. The van der Waals surface area contributed by atoms with Crippen LogP contribution in [0.5, 0.6) is 0 Å². The molecule has 1 aliphatic rings. The minimum Gasteiger partial charge on any atom is -0.466 e. The van der Waals surface area contributed by atoms with Crippen molar-refractivity contribution in [3.05, 3.63) is 0 Å². The number of rotatable bonds is 15. The average Bonchev–Trinajstić information content (AvgIpc) is 3.12. The predicted molar refractivity (Wildman–Crippen MR) is 97.4 cm³/mol. The topological polar surface area (TPSA) is 61.8 Å². The average molecular weight is 357 g/mol. The highest BCUT2D eigenvalue weighted by molar-refractivity contribution is 5.72. The smallest absolute Gasteiger partial charge is 0.305 e. The van der Waals surface area contributed by atoms with E-state index in [1.54, 1.807) is 0 Å². The monoisotopic (exact) mass is 356 g/mol. The summed E-state index contributed by atoms with van der Waals surface area (Å²) in [5, 5.41) is 0. The van der Waals surface area contributed by atoms with Crippen molar-refractivity contribution in [2.24, 2.45) is 0 Å². The van der Waals surface area contributed by atoms with Crippen LogP contribution in [0, 0.1) is 0 Å². The van der Waals surface area contributed by atoms with Gasteiger partial charge in [0.1, 0.15) is 6.61 Å². The van der Waals surface area contributed by atoms with Gasteiger partial charge in [-0.05, 0) is 25.7 Å². The molecule has 146 valence electrons. The van der Waals surface area contributed by atoms with Crippen LogP contribution in [-0.2, 0) is 23.8 Å². The Morgan fingerprint density at radius 2 is 1.52 bits per heavy atom. The molecule has 1 atom stereocenters. The van der Waals surface area contributed by atoms with Crippen molar-refractivity contribution in [2.45, 2.75) is 96.5 Å². The highest BCUT2D eigenvalue weighted by Crippen LogP contribution is 2.12. The molecule has 1 rings (SSSR count). The van der Waals surface area contributed by atoms with Gasteiger partial charge in [-0.25, -0.2) is 0 Å². The van der Waals surface area contributed by atoms with Gasteiger partial charge in [0.15, 0.2) is 0 Å². The third-order valence-corrected chi connectivity index (χ3v) is 4.48. The van der Waals surface area contributed by atoms with E-state index in [0.29, 0.717) is 19.6 Å². The number of esters is 2. The van der Waals surface area contributed by atoms with Crippen LogP contribution in [0.15, 0.2) is 0 Å². The van der Waals surface area contributed by atoms with Gasteiger partial charge < -0.3 is 14.2 Å². The fourth-order valence-electron chi connectivity index (χ4n) is 2.91. The summed E-state index contributed by atoms with van der Waals surface area (Å²) in [7, 11) is 0. The molecular weight excluding hydrogens is 320 g/mol.